The molecule has 1 aliphatic rings. The summed E-state index contributed by atoms with van der Waals surface area (Å²) in [5.41, 5.74) is 1.63. The summed E-state index contributed by atoms with van der Waals surface area (Å²) in [5.74, 6) is 0.766. The molecule has 0 saturated carbocycles. The lowest BCUT2D eigenvalue weighted by Gasteiger charge is -2.28. The third-order valence-electron chi connectivity index (χ3n) is 6.56. The maximum Gasteiger partial charge on any atom is 0.257 e. The lowest BCUT2D eigenvalue weighted by atomic mass is 10.1. The number of amides is 3. The van der Waals surface area contributed by atoms with Crippen molar-refractivity contribution in [2.24, 2.45) is 0 Å². The van der Waals surface area contributed by atoms with Crippen LogP contribution in [0.4, 0.5) is 5.69 Å². The predicted octanol–water partition coefficient (Wildman–Crippen LogP) is 4.50. The Kier molecular flexibility index (Phi) is 8.75. The molecule has 1 fully saturated rings. The number of hydrogen-bond donors (Lipinski definition) is 0. The van der Waals surface area contributed by atoms with E-state index in [-0.39, 0.29) is 18.9 Å². The van der Waals surface area contributed by atoms with E-state index in [9.17, 15) is 14.4 Å². The number of nitrogens with zero attached hydrogens (tertiary/aromatic N) is 2. The molecule has 0 aliphatic carbocycles. The number of methoxy groups -OCH3 is 4. The summed E-state index contributed by atoms with van der Waals surface area (Å²) in [6.45, 7) is 0.181. The highest BCUT2D eigenvalue weighted by Gasteiger charge is 2.44. The number of rotatable bonds is 10. The highest BCUT2D eigenvalue weighted by Crippen LogP contribution is 2.32. The van der Waals surface area contributed by atoms with Crippen molar-refractivity contribution < 1.29 is 33.3 Å². The summed E-state index contributed by atoms with van der Waals surface area (Å²) in [6.07, 6.45) is 0.287. The molecule has 3 amide bonds. The first kappa shape index (κ1) is 28.0. The van der Waals surface area contributed by atoms with Gasteiger partial charge in [0.05, 0.1) is 40.5 Å². The van der Waals surface area contributed by atoms with Gasteiger partial charge >= 0.3 is 0 Å². The van der Waals surface area contributed by atoms with Gasteiger partial charge in [-0.2, -0.15) is 0 Å². The van der Waals surface area contributed by atoms with Gasteiger partial charge in [-0.25, -0.2) is 4.90 Å². The van der Waals surface area contributed by atoms with Crippen LogP contribution >= 0.6 is 15.9 Å². The zero-order valence-corrected chi connectivity index (χ0v) is 23.7. The molecule has 9 nitrogen and oxygen atoms in total. The van der Waals surface area contributed by atoms with Crippen molar-refractivity contribution in [2.45, 2.75) is 18.9 Å². The lowest BCUT2D eigenvalue weighted by molar-refractivity contribution is -0.122. The Morgan fingerprint density at radius 2 is 1.44 bits per heavy atom. The SMILES string of the molecule is COc1ccc(CCN(C(=O)c2ccc(OC)c(OC)c2)C2CC(=O)N(c3ccc(Br)cc3)C2=O)cc1OC. The largest absolute Gasteiger partial charge is 0.493 e. The minimum absolute atomic E-state index is 0.125. The number of carbonyl (C=O) groups excluding carboxylic acids is 3. The first-order valence-electron chi connectivity index (χ1n) is 12.2. The first-order chi connectivity index (χ1) is 18.8. The third-order valence-corrected chi connectivity index (χ3v) is 7.09. The van der Waals surface area contributed by atoms with Gasteiger partial charge in [-0.15, -0.1) is 0 Å². The second-order valence-corrected chi connectivity index (χ2v) is 9.69. The van der Waals surface area contributed by atoms with E-state index >= 15 is 0 Å². The highest BCUT2D eigenvalue weighted by atomic mass is 79.9. The van der Waals surface area contributed by atoms with Crippen molar-refractivity contribution >= 4 is 39.3 Å². The van der Waals surface area contributed by atoms with Gasteiger partial charge in [0.2, 0.25) is 5.91 Å². The minimum Gasteiger partial charge on any atom is -0.493 e. The van der Waals surface area contributed by atoms with Crippen molar-refractivity contribution in [1.29, 1.82) is 0 Å². The van der Waals surface area contributed by atoms with E-state index in [2.05, 4.69) is 15.9 Å². The number of ether oxygens (including phenoxy) is 4. The average molecular weight is 597 g/mol. The summed E-state index contributed by atoms with van der Waals surface area (Å²) in [5, 5.41) is 0. The molecule has 4 rings (SSSR count). The van der Waals surface area contributed by atoms with Crippen LogP contribution in [0, 0.1) is 0 Å². The smallest absolute Gasteiger partial charge is 0.257 e. The standard InChI is InChI=1S/C29H29BrN2O7/c1-36-23-11-5-18(15-25(23)38-3)13-14-31(28(34)19-6-12-24(37-2)26(16-19)39-4)22-17-27(33)32(29(22)35)21-9-7-20(30)8-10-21/h5-12,15-16,22H,13-14,17H2,1-4H3. The molecule has 1 unspecified atom stereocenters. The van der Waals surface area contributed by atoms with Crippen molar-refractivity contribution in [1.82, 2.24) is 4.90 Å². The van der Waals surface area contributed by atoms with Crippen molar-refractivity contribution in [3.63, 3.8) is 0 Å². The van der Waals surface area contributed by atoms with Crippen LogP contribution in [0.15, 0.2) is 65.1 Å². The molecule has 1 heterocycles. The van der Waals surface area contributed by atoms with Crippen molar-refractivity contribution in [3.05, 3.63) is 76.3 Å². The van der Waals surface area contributed by atoms with Crippen LogP contribution in [0.25, 0.3) is 0 Å². The second kappa shape index (κ2) is 12.2. The Balaban J connectivity index is 1.67. The van der Waals surface area contributed by atoms with E-state index in [0.29, 0.717) is 40.7 Å². The summed E-state index contributed by atoms with van der Waals surface area (Å²) in [7, 11) is 6.10. The lowest BCUT2D eigenvalue weighted by Crippen LogP contribution is -2.46. The van der Waals surface area contributed by atoms with Gasteiger partial charge < -0.3 is 23.8 Å². The maximum atomic E-state index is 13.9. The maximum absolute atomic E-state index is 13.9. The van der Waals surface area contributed by atoms with Crippen molar-refractivity contribution in [3.8, 4) is 23.0 Å². The molecule has 3 aromatic carbocycles. The normalized spacial score (nSPS) is 14.8. The highest BCUT2D eigenvalue weighted by molar-refractivity contribution is 9.10. The van der Waals surface area contributed by atoms with Crippen LogP contribution in [-0.2, 0) is 16.0 Å². The van der Waals surface area contributed by atoms with Gasteiger partial charge in [-0.05, 0) is 66.6 Å². The van der Waals surface area contributed by atoms with E-state index in [1.165, 1.54) is 19.1 Å². The molecule has 0 radical (unpaired) electrons. The third kappa shape index (κ3) is 5.85. The molecular formula is C29H29BrN2O7. The topological polar surface area (TPSA) is 94.6 Å². The number of benzene rings is 3. The van der Waals surface area contributed by atoms with Gasteiger partial charge in [0.25, 0.3) is 11.8 Å². The molecule has 0 N–H and O–H groups in total. The average Bonchev–Trinajstić information content (AvgIpc) is 3.25. The van der Waals surface area contributed by atoms with Crippen molar-refractivity contribution in [2.75, 3.05) is 39.9 Å². The van der Waals surface area contributed by atoms with E-state index in [0.717, 1.165) is 14.9 Å². The fraction of sp³-hybridized carbons (Fsp3) is 0.276. The van der Waals surface area contributed by atoms with Crippen LogP contribution in [0.1, 0.15) is 22.3 Å². The zero-order valence-electron chi connectivity index (χ0n) is 22.1. The molecule has 1 aliphatic heterocycles. The Labute approximate surface area is 235 Å². The fourth-order valence-electron chi connectivity index (χ4n) is 4.54. The zero-order chi connectivity index (χ0) is 28.1. The Hall–Kier alpha value is -4.05. The van der Waals surface area contributed by atoms with E-state index in [1.54, 1.807) is 62.8 Å². The quantitative estimate of drug-likeness (QED) is 0.318. The van der Waals surface area contributed by atoms with E-state index < -0.39 is 17.9 Å². The van der Waals surface area contributed by atoms with Crippen LogP contribution in [-0.4, -0.2) is 63.6 Å². The molecule has 10 heteroatoms. The molecule has 39 heavy (non-hydrogen) atoms. The number of hydrogen-bond acceptors (Lipinski definition) is 7. The number of imide groups is 1. The van der Waals surface area contributed by atoms with E-state index in [1.807, 2.05) is 12.1 Å². The molecule has 0 spiro atoms. The van der Waals surface area contributed by atoms with Crippen LogP contribution in [0.2, 0.25) is 0 Å². The second-order valence-electron chi connectivity index (χ2n) is 8.77. The molecule has 0 bridgehead atoms. The van der Waals surface area contributed by atoms with Gasteiger partial charge in [0, 0.05) is 16.6 Å². The summed E-state index contributed by atoms with van der Waals surface area (Å²) < 4.78 is 22.2. The van der Waals surface area contributed by atoms with Gasteiger partial charge in [-0.1, -0.05) is 22.0 Å². The summed E-state index contributed by atoms with van der Waals surface area (Å²) in [4.78, 5) is 43.1. The van der Waals surface area contributed by atoms with Crippen LogP contribution in [0.5, 0.6) is 23.0 Å². The molecule has 1 saturated heterocycles. The van der Waals surface area contributed by atoms with E-state index in [4.69, 9.17) is 18.9 Å². The molecular weight excluding hydrogens is 568 g/mol. The molecule has 3 aromatic rings. The number of carbonyl (C=O) groups is 3. The Bertz CT molecular complexity index is 1380. The molecule has 1 atom stereocenters. The molecule has 0 aromatic heterocycles. The predicted molar refractivity (Wildman–Crippen MR) is 149 cm³/mol. The monoisotopic (exact) mass is 596 g/mol. The van der Waals surface area contributed by atoms with Crippen LogP contribution in [0.3, 0.4) is 0 Å². The Morgan fingerprint density at radius 3 is 2.05 bits per heavy atom. The van der Waals surface area contributed by atoms with Gasteiger partial charge in [0.1, 0.15) is 6.04 Å². The van der Waals surface area contributed by atoms with Gasteiger partial charge in [-0.3, -0.25) is 14.4 Å². The minimum atomic E-state index is -0.970. The number of halogens is 1. The number of anilines is 1. The summed E-state index contributed by atoms with van der Waals surface area (Å²) >= 11 is 3.37. The first-order valence-corrected chi connectivity index (χ1v) is 13.0. The molecule has 204 valence electrons. The van der Waals surface area contributed by atoms with Crippen LogP contribution < -0.4 is 23.8 Å². The van der Waals surface area contributed by atoms with Gasteiger partial charge in [0.15, 0.2) is 23.0 Å². The summed E-state index contributed by atoms with van der Waals surface area (Å²) in [6, 6.07) is 16.2. The fourth-order valence-corrected chi connectivity index (χ4v) is 4.80. The Morgan fingerprint density at radius 1 is 0.846 bits per heavy atom.